The maximum atomic E-state index is 13.0. The van der Waals surface area contributed by atoms with Crippen molar-refractivity contribution in [1.29, 1.82) is 0 Å². The average molecular weight is 280 g/mol. The van der Waals surface area contributed by atoms with E-state index in [1.807, 2.05) is 6.92 Å². The first-order valence-corrected chi connectivity index (χ1v) is 6.39. The Bertz CT molecular complexity index is 579. The lowest BCUT2D eigenvalue weighted by Crippen LogP contribution is -2.07. The fourth-order valence-corrected chi connectivity index (χ4v) is 1.91. The summed E-state index contributed by atoms with van der Waals surface area (Å²) in [5.41, 5.74) is 0.521. The van der Waals surface area contributed by atoms with E-state index in [4.69, 9.17) is 0 Å². The normalized spacial score (nSPS) is 11.4. The Labute approximate surface area is 115 Å². The van der Waals surface area contributed by atoms with Crippen molar-refractivity contribution in [2.75, 3.05) is 11.9 Å². The van der Waals surface area contributed by atoms with E-state index in [1.54, 1.807) is 18.2 Å². The Hall–Kier alpha value is -2.04. The number of nitrogens with one attached hydrogen (secondary N) is 1. The summed E-state index contributed by atoms with van der Waals surface area (Å²) < 4.78 is 39.0. The van der Waals surface area contributed by atoms with Crippen LogP contribution >= 0.6 is 0 Å². The van der Waals surface area contributed by atoms with Gasteiger partial charge in [0.2, 0.25) is 0 Å². The number of rotatable bonds is 4. The van der Waals surface area contributed by atoms with Crippen LogP contribution in [-0.4, -0.2) is 11.5 Å². The van der Waals surface area contributed by atoms with Gasteiger partial charge >= 0.3 is 6.18 Å². The van der Waals surface area contributed by atoms with Gasteiger partial charge in [0.15, 0.2) is 0 Å². The van der Waals surface area contributed by atoms with Gasteiger partial charge in [-0.3, -0.25) is 4.98 Å². The average Bonchev–Trinajstić information content (AvgIpc) is 2.44. The van der Waals surface area contributed by atoms with Crippen LogP contribution in [-0.2, 0) is 6.18 Å². The van der Waals surface area contributed by atoms with Gasteiger partial charge in [-0.05, 0) is 24.6 Å². The lowest BCUT2D eigenvalue weighted by molar-refractivity contribution is -0.137. The monoisotopic (exact) mass is 280 g/mol. The van der Waals surface area contributed by atoms with Gasteiger partial charge in [-0.25, -0.2) is 0 Å². The molecular weight excluding hydrogens is 265 g/mol. The van der Waals surface area contributed by atoms with E-state index < -0.39 is 11.7 Å². The Kier molecular flexibility index (Phi) is 4.27. The molecule has 1 N–H and O–H groups in total. The molecule has 0 unspecified atom stereocenters. The summed E-state index contributed by atoms with van der Waals surface area (Å²) in [5.74, 6) is 0. The maximum absolute atomic E-state index is 13.0. The van der Waals surface area contributed by atoms with Gasteiger partial charge in [0.25, 0.3) is 0 Å². The van der Waals surface area contributed by atoms with Crippen LogP contribution in [0.2, 0.25) is 0 Å². The summed E-state index contributed by atoms with van der Waals surface area (Å²) in [5, 5.41) is 3.14. The summed E-state index contributed by atoms with van der Waals surface area (Å²) in [4.78, 5) is 4.05. The molecule has 0 aliphatic rings. The Balaban J connectivity index is 2.42. The highest BCUT2D eigenvalue weighted by molar-refractivity contribution is 5.67. The first-order valence-electron chi connectivity index (χ1n) is 6.39. The fraction of sp³-hybridized carbons (Fsp3) is 0.267. The Morgan fingerprint density at radius 2 is 1.90 bits per heavy atom. The Morgan fingerprint density at radius 3 is 2.60 bits per heavy atom. The second-order valence-corrected chi connectivity index (χ2v) is 4.40. The third-order valence-corrected chi connectivity index (χ3v) is 2.85. The van der Waals surface area contributed by atoms with Crippen LogP contribution in [0.25, 0.3) is 11.3 Å². The van der Waals surface area contributed by atoms with Crippen LogP contribution in [0.4, 0.5) is 18.9 Å². The van der Waals surface area contributed by atoms with Crippen molar-refractivity contribution in [3.63, 3.8) is 0 Å². The Morgan fingerprint density at radius 1 is 1.15 bits per heavy atom. The molecule has 0 spiro atoms. The SMILES string of the molecule is CCCNc1ccnc(-c2ccccc2C(F)(F)F)c1. The molecule has 106 valence electrons. The molecule has 2 aromatic rings. The van der Waals surface area contributed by atoms with Gasteiger partial charge < -0.3 is 5.32 Å². The molecule has 0 saturated carbocycles. The lowest BCUT2D eigenvalue weighted by atomic mass is 10.0. The molecule has 2 rings (SSSR count). The highest BCUT2D eigenvalue weighted by Crippen LogP contribution is 2.36. The lowest BCUT2D eigenvalue weighted by Gasteiger charge is -2.13. The topological polar surface area (TPSA) is 24.9 Å². The molecule has 2 nitrogen and oxygen atoms in total. The molecule has 20 heavy (non-hydrogen) atoms. The highest BCUT2D eigenvalue weighted by Gasteiger charge is 2.33. The first kappa shape index (κ1) is 14.4. The number of benzene rings is 1. The fourth-order valence-electron chi connectivity index (χ4n) is 1.91. The van der Waals surface area contributed by atoms with Gasteiger partial charge in [0, 0.05) is 24.0 Å². The molecule has 0 atom stereocenters. The third kappa shape index (κ3) is 3.29. The standard InChI is InChI=1S/C15H15F3N2/c1-2-8-19-11-7-9-20-14(10-11)12-5-3-4-6-13(12)15(16,17)18/h3-7,9-10H,2,8H2,1H3,(H,19,20). The predicted octanol–water partition coefficient (Wildman–Crippen LogP) is 4.59. The zero-order valence-electron chi connectivity index (χ0n) is 11.0. The summed E-state index contributed by atoms with van der Waals surface area (Å²) in [7, 11) is 0. The van der Waals surface area contributed by atoms with Gasteiger partial charge in [-0.15, -0.1) is 0 Å². The van der Waals surface area contributed by atoms with Crippen molar-refractivity contribution in [2.24, 2.45) is 0 Å². The molecule has 0 fully saturated rings. The molecule has 1 heterocycles. The number of pyridine rings is 1. The predicted molar refractivity (Wildman–Crippen MR) is 73.5 cm³/mol. The number of anilines is 1. The zero-order valence-corrected chi connectivity index (χ0v) is 11.0. The molecule has 0 amide bonds. The molecule has 0 radical (unpaired) electrons. The van der Waals surface area contributed by atoms with Gasteiger partial charge in [0.05, 0.1) is 11.3 Å². The van der Waals surface area contributed by atoms with Crippen LogP contribution in [0, 0.1) is 0 Å². The largest absolute Gasteiger partial charge is 0.417 e. The molecular formula is C15H15F3N2. The zero-order chi connectivity index (χ0) is 14.6. The van der Waals surface area contributed by atoms with E-state index in [9.17, 15) is 13.2 Å². The number of hydrogen-bond donors (Lipinski definition) is 1. The molecule has 0 saturated heterocycles. The van der Waals surface area contributed by atoms with E-state index in [-0.39, 0.29) is 5.56 Å². The van der Waals surface area contributed by atoms with Crippen molar-refractivity contribution in [3.8, 4) is 11.3 Å². The minimum absolute atomic E-state index is 0.0974. The van der Waals surface area contributed by atoms with E-state index >= 15 is 0 Å². The van der Waals surface area contributed by atoms with Gasteiger partial charge in [-0.2, -0.15) is 13.2 Å². The van der Waals surface area contributed by atoms with Gasteiger partial charge in [-0.1, -0.05) is 25.1 Å². The molecule has 5 heteroatoms. The number of halogens is 3. The minimum atomic E-state index is -4.38. The van der Waals surface area contributed by atoms with E-state index in [1.165, 1.54) is 18.3 Å². The van der Waals surface area contributed by atoms with Crippen molar-refractivity contribution in [3.05, 3.63) is 48.2 Å². The molecule has 0 bridgehead atoms. The van der Waals surface area contributed by atoms with Crippen molar-refractivity contribution in [2.45, 2.75) is 19.5 Å². The number of alkyl halides is 3. The van der Waals surface area contributed by atoms with E-state index in [2.05, 4.69) is 10.3 Å². The summed E-state index contributed by atoms with van der Waals surface area (Å²) in [6.45, 7) is 2.79. The smallest absolute Gasteiger partial charge is 0.385 e. The quantitative estimate of drug-likeness (QED) is 0.886. The number of hydrogen-bond acceptors (Lipinski definition) is 2. The van der Waals surface area contributed by atoms with Crippen LogP contribution in [0.3, 0.4) is 0 Å². The van der Waals surface area contributed by atoms with Crippen molar-refractivity contribution >= 4 is 5.69 Å². The highest BCUT2D eigenvalue weighted by atomic mass is 19.4. The minimum Gasteiger partial charge on any atom is -0.385 e. The second-order valence-electron chi connectivity index (χ2n) is 4.40. The third-order valence-electron chi connectivity index (χ3n) is 2.85. The summed E-state index contributed by atoms with van der Waals surface area (Å²) in [6.07, 6.45) is -1.93. The van der Waals surface area contributed by atoms with Crippen LogP contribution in [0.15, 0.2) is 42.6 Å². The van der Waals surface area contributed by atoms with Crippen LogP contribution in [0.5, 0.6) is 0 Å². The summed E-state index contributed by atoms with van der Waals surface area (Å²) >= 11 is 0. The number of aromatic nitrogens is 1. The molecule has 0 aliphatic carbocycles. The maximum Gasteiger partial charge on any atom is 0.417 e. The molecule has 0 aliphatic heterocycles. The molecule has 1 aromatic carbocycles. The van der Waals surface area contributed by atoms with Crippen LogP contribution < -0.4 is 5.32 Å². The van der Waals surface area contributed by atoms with Crippen molar-refractivity contribution in [1.82, 2.24) is 4.98 Å². The van der Waals surface area contributed by atoms with Gasteiger partial charge in [0.1, 0.15) is 0 Å². The van der Waals surface area contributed by atoms with E-state index in [0.717, 1.165) is 24.7 Å². The number of nitrogens with zero attached hydrogens (tertiary/aromatic N) is 1. The van der Waals surface area contributed by atoms with Crippen molar-refractivity contribution < 1.29 is 13.2 Å². The van der Waals surface area contributed by atoms with E-state index in [0.29, 0.717) is 5.69 Å². The summed E-state index contributed by atoms with van der Waals surface area (Å²) in [6, 6.07) is 8.86. The second kappa shape index (κ2) is 5.94. The van der Waals surface area contributed by atoms with Crippen LogP contribution in [0.1, 0.15) is 18.9 Å². The first-order chi connectivity index (χ1) is 9.52. The molecule has 1 aromatic heterocycles.